The van der Waals surface area contributed by atoms with Gasteiger partial charge in [0.15, 0.2) is 0 Å². The summed E-state index contributed by atoms with van der Waals surface area (Å²) in [6.07, 6.45) is 0. The summed E-state index contributed by atoms with van der Waals surface area (Å²) in [4.78, 5) is 9.00. The van der Waals surface area contributed by atoms with E-state index in [0.29, 0.717) is 13.2 Å². The third-order valence-electron chi connectivity index (χ3n) is 0.879. The molecular weight excluding hydrogens is 216 g/mol. The van der Waals surface area contributed by atoms with Gasteiger partial charge >= 0.3 is 0 Å². The zero-order valence-corrected chi connectivity index (χ0v) is 10.3. The molecule has 0 aliphatic heterocycles. The van der Waals surface area contributed by atoms with Gasteiger partial charge in [-0.15, -0.1) is 0 Å². The molecule has 3 N–H and O–H groups in total. The number of hydrogen-bond acceptors (Lipinski definition) is 5. The second-order valence-electron chi connectivity index (χ2n) is 2.36. The molecular formula is C10H24O6. The Morgan fingerprint density at radius 3 is 1.44 bits per heavy atom. The lowest BCUT2D eigenvalue weighted by Crippen LogP contribution is -2.03. The number of aliphatic hydroxyl groups is 2. The van der Waals surface area contributed by atoms with Gasteiger partial charge in [-0.05, 0) is 13.8 Å². The van der Waals surface area contributed by atoms with Crippen molar-refractivity contribution in [2.75, 3.05) is 39.6 Å². The van der Waals surface area contributed by atoms with Gasteiger partial charge in [-0.25, -0.2) is 0 Å². The lowest BCUT2D eigenvalue weighted by atomic mass is 10.7. The minimum atomic E-state index is -0.833. The number of hydrogen-bond donors (Lipinski definition) is 3. The van der Waals surface area contributed by atoms with Gasteiger partial charge in [-0.2, -0.15) is 0 Å². The van der Waals surface area contributed by atoms with Crippen molar-refractivity contribution in [3.8, 4) is 0 Å². The highest BCUT2D eigenvalue weighted by Crippen LogP contribution is 1.68. The summed E-state index contributed by atoms with van der Waals surface area (Å²) >= 11 is 0. The average Bonchev–Trinajstić information content (AvgIpc) is 2.20. The van der Waals surface area contributed by atoms with Gasteiger partial charge < -0.3 is 24.8 Å². The number of rotatable bonds is 6. The summed E-state index contributed by atoms with van der Waals surface area (Å²) in [5, 5.41) is 23.6. The van der Waals surface area contributed by atoms with E-state index >= 15 is 0 Å². The van der Waals surface area contributed by atoms with Crippen LogP contribution >= 0.6 is 0 Å². The van der Waals surface area contributed by atoms with Crippen LogP contribution in [0.15, 0.2) is 0 Å². The molecule has 16 heavy (non-hydrogen) atoms. The second-order valence-corrected chi connectivity index (χ2v) is 2.36. The average molecular weight is 240 g/mol. The highest BCUT2D eigenvalue weighted by molar-refractivity contribution is 5.62. The molecule has 100 valence electrons. The number of carbonyl (C=O) groups is 1. The number of carboxylic acids is 1. The molecule has 0 aromatic rings. The van der Waals surface area contributed by atoms with E-state index < -0.39 is 5.97 Å². The van der Waals surface area contributed by atoms with Crippen LogP contribution in [-0.4, -0.2) is 60.9 Å². The number of carboxylic acid groups (broad SMARTS) is 1. The van der Waals surface area contributed by atoms with E-state index in [1.54, 1.807) is 0 Å². The smallest absolute Gasteiger partial charge is 0.300 e. The maximum Gasteiger partial charge on any atom is 0.300 e. The minimum Gasteiger partial charge on any atom is -0.481 e. The van der Waals surface area contributed by atoms with Crippen LogP contribution in [0.5, 0.6) is 0 Å². The molecule has 6 heteroatoms. The Kier molecular flexibility index (Phi) is 30.8. The van der Waals surface area contributed by atoms with E-state index in [0.717, 1.165) is 20.1 Å². The summed E-state index contributed by atoms with van der Waals surface area (Å²) in [6, 6.07) is 0. The Balaban J connectivity index is -0.000000166. The summed E-state index contributed by atoms with van der Waals surface area (Å²) in [5.41, 5.74) is 0. The highest BCUT2D eigenvalue weighted by Gasteiger charge is 1.79. The lowest BCUT2D eigenvalue weighted by Gasteiger charge is -1.94. The lowest BCUT2D eigenvalue weighted by molar-refractivity contribution is -0.134. The number of aliphatic carboxylic acids is 1. The fraction of sp³-hybridized carbons (Fsp3) is 0.900. The van der Waals surface area contributed by atoms with Crippen molar-refractivity contribution in [1.29, 1.82) is 0 Å². The fourth-order valence-electron chi connectivity index (χ4n) is 0.435. The Morgan fingerprint density at radius 1 is 1.00 bits per heavy atom. The van der Waals surface area contributed by atoms with Gasteiger partial charge in [-0.3, -0.25) is 4.79 Å². The van der Waals surface area contributed by atoms with E-state index in [1.165, 1.54) is 0 Å². The largest absolute Gasteiger partial charge is 0.481 e. The quantitative estimate of drug-likeness (QED) is 0.571. The molecule has 6 nitrogen and oxygen atoms in total. The molecule has 0 saturated heterocycles. The van der Waals surface area contributed by atoms with Crippen LogP contribution in [-0.2, 0) is 14.3 Å². The van der Waals surface area contributed by atoms with Crippen LogP contribution in [0.1, 0.15) is 20.8 Å². The molecule has 0 fully saturated rings. The molecule has 0 aliphatic carbocycles. The Morgan fingerprint density at radius 2 is 1.31 bits per heavy atom. The van der Waals surface area contributed by atoms with Crippen molar-refractivity contribution < 1.29 is 29.6 Å². The molecule has 0 bridgehead atoms. The third-order valence-corrected chi connectivity index (χ3v) is 0.879. The van der Waals surface area contributed by atoms with Crippen molar-refractivity contribution in [3.63, 3.8) is 0 Å². The highest BCUT2D eigenvalue weighted by atomic mass is 16.5. The molecule has 0 radical (unpaired) electrons. The Hall–Kier alpha value is -0.690. The molecule has 0 heterocycles. The second kappa shape index (κ2) is 23.8. The van der Waals surface area contributed by atoms with Crippen LogP contribution in [0.3, 0.4) is 0 Å². The van der Waals surface area contributed by atoms with Crippen LogP contribution in [0.25, 0.3) is 0 Å². The summed E-state index contributed by atoms with van der Waals surface area (Å²) in [7, 11) is 0. The van der Waals surface area contributed by atoms with Gasteiger partial charge in [0, 0.05) is 20.1 Å². The van der Waals surface area contributed by atoms with Crippen molar-refractivity contribution in [3.05, 3.63) is 0 Å². The summed E-state index contributed by atoms with van der Waals surface area (Å²) in [5.74, 6) is -0.833. The third kappa shape index (κ3) is 71.5. The minimum absolute atomic E-state index is 0.0278. The predicted molar refractivity (Wildman–Crippen MR) is 60.5 cm³/mol. The Labute approximate surface area is 96.8 Å². The first-order chi connectivity index (χ1) is 7.56. The fourth-order valence-corrected chi connectivity index (χ4v) is 0.435. The van der Waals surface area contributed by atoms with Gasteiger partial charge in [0.2, 0.25) is 0 Å². The monoisotopic (exact) mass is 240 g/mol. The van der Waals surface area contributed by atoms with E-state index in [-0.39, 0.29) is 13.2 Å². The zero-order valence-electron chi connectivity index (χ0n) is 10.3. The molecule has 0 spiro atoms. The standard InChI is InChI=1S/C4H10O3.C4H10O.C2H4O2/c5-1-3-7-4-2-6;1-3-5-4-2;1-2(3)4/h5-6H,1-4H2;3-4H2,1-2H3;1H3,(H,3,4). The van der Waals surface area contributed by atoms with E-state index in [9.17, 15) is 0 Å². The first-order valence-corrected chi connectivity index (χ1v) is 5.13. The van der Waals surface area contributed by atoms with Gasteiger partial charge in [0.1, 0.15) is 0 Å². The number of aliphatic hydroxyl groups excluding tert-OH is 2. The van der Waals surface area contributed by atoms with Gasteiger partial charge in [-0.1, -0.05) is 0 Å². The molecule has 0 aromatic carbocycles. The Bertz CT molecular complexity index is 108. The van der Waals surface area contributed by atoms with Gasteiger partial charge in [0.05, 0.1) is 26.4 Å². The first-order valence-electron chi connectivity index (χ1n) is 5.13. The van der Waals surface area contributed by atoms with Crippen LogP contribution in [0.4, 0.5) is 0 Å². The van der Waals surface area contributed by atoms with Gasteiger partial charge in [0.25, 0.3) is 5.97 Å². The van der Waals surface area contributed by atoms with Crippen molar-refractivity contribution >= 4 is 5.97 Å². The maximum absolute atomic E-state index is 9.00. The van der Waals surface area contributed by atoms with Crippen molar-refractivity contribution in [2.45, 2.75) is 20.8 Å². The van der Waals surface area contributed by atoms with Crippen LogP contribution in [0, 0.1) is 0 Å². The summed E-state index contributed by atoms with van der Waals surface area (Å²) in [6.45, 7) is 7.45. The molecule has 0 aromatic heterocycles. The molecule has 0 atom stereocenters. The summed E-state index contributed by atoms with van der Waals surface area (Å²) < 4.78 is 9.47. The predicted octanol–water partition coefficient (Wildman–Crippen LogP) is 0.121. The first kappa shape index (κ1) is 20.7. The molecule has 0 amide bonds. The van der Waals surface area contributed by atoms with Crippen molar-refractivity contribution in [2.24, 2.45) is 0 Å². The molecule has 0 unspecified atom stereocenters. The van der Waals surface area contributed by atoms with E-state index in [1.807, 2.05) is 13.8 Å². The topological polar surface area (TPSA) is 96.2 Å². The maximum atomic E-state index is 9.00. The number of ether oxygens (including phenoxy) is 2. The molecule has 0 rings (SSSR count). The van der Waals surface area contributed by atoms with Crippen LogP contribution in [0.2, 0.25) is 0 Å². The van der Waals surface area contributed by atoms with Crippen LogP contribution < -0.4 is 0 Å². The zero-order chi connectivity index (χ0) is 13.2. The SMILES string of the molecule is CC(=O)O.CCOCC.OCCOCCO. The molecule has 0 saturated carbocycles. The molecule has 0 aliphatic rings. The van der Waals surface area contributed by atoms with Crippen molar-refractivity contribution in [1.82, 2.24) is 0 Å². The van der Waals surface area contributed by atoms with E-state index in [2.05, 4.69) is 4.74 Å². The van der Waals surface area contributed by atoms with E-state index in [4.69, 9.17) is 24.9 Å². The normalized spacial score (nSPS) is 8.31.